The Balaban J connectivity index is 2.83. The number of rotatable bonds is 7. The highest BCUT2D eigenvalue weighted by atomic mass is 16.4. The highest BCUT2D eigenvalue weighted by molar-refractivity contribution is 5.95. The van der Waals surface area contributed by atoms with Crippen LogP contribution in [0.25, 0.3) is 0 Å². The summed E-state index contributed by atoms with van der Waals surface area (Å²) in [7, 11) is 0. The number of carboxylic acids is 1. The maximum atomic E-state index is 12.2. The van der Waals surface area contributed by atoms with Gasteiger partial charge in [0.15, 0.2) is 0 Å². The lowest BCUT2D eigenvalue weighted by atomic mass is 9.94. The molecule has 0 aliphatic heterocycles. The van der Waals surface area contributed by atoms with Crippen LogP contribution >= 0.6 is 0 Å². The van der Waals surface area contributed by atoms with E-state index in [2.05, 4.69) is 24.3 Å². The highest BCUT2D eigenvalue weighted by Gasteiger charge is 2.28. The Labute approximate surface area is 125 Å². The van der Waals surface area contributed by atoms with Crippen LogP contribution in [0.1, 0.15) is 62.6 Å². The summed E-state index contributed by atoms with van der Waals surface area (Å²) < 4.78 is 1.87. The maximum absolute atomic E-state index is 12.2. The van der Waals surface area contributed by atoms with Crippen molar-refractivity contribution >= 4 is 11.9 Å². The van der Waals surface area contributed by atoms with Gasteiger partial charge in [-0.15, -0.1) is 0 Å². The zero-order valence-corrected chi connectivity index (χ0v) is 13.4. The van der Waals surface area contributed by atoms with Crippen LogP contribution in [0, 0.1) is 12.3 Å². The fourth-order valence-electron chi connectivity index (χ4n) is 2.12. The molecule has 2 N–H and O–H groups in total. The number of carbonyl (C=O) groups excluding carboxylic acids is 1. The summed E-state index contributed by atoms with van der Waals surface area (Å²) >= 11 is 0. The number of amides is 1. The predicted molar refractivity (Wildman–Crippen MR) is 80.3 cm³/mol. The largest absolute Gasteiger partial charge is 0.481 e. The standard InChI is InChI=1S/C15H25N3O3/c1-6-11(7-2)18-10(3)12(8-17-18)13(19)16-9-15(4,5)14(20)21/h8,11H,6-7,9H2,1-5H3,(H,16,19)(H,20,21). The summed E-state index contributed by atoms with van der Waals surface area (Å²) in [6, 6.07) is 0.280. The molecule has 0 unspecified atom stereocenters. The van der Waals surface area contributed by atoms with E-state index < -0.39 is 11.4 Å². The first kappa shape index (κ1) is 17.2. The second-order valence-corrected chi connectivity index (χ2v) is 5.93. The second kappa shape index (κ2) is 6.74. The minimum Gasteiger partial charge on any atom is -0.481 e. The van der Waals surface area contributed by atoms with Crippen molar-refractivity contribution in [2.24, 2.45) is 5.41 Å². The fraction of sp³-hybridized carbons (Fsp3) is 0.667. The van der Waals surface area contributed by atoms with Gasteiger partial charge >= 0.3 is 5.97 Å². The normalized spacial score (nSPS) is 11.7. The molecule has 21 heavy (non-hydrogen) atoms. The summed E-state index contributed by atoms with van der Waals surface area (Å²) in [5, 5.41) is 16.0. The first-order valence-electron chi connectivity index (χ1n) is 7.30. The average Bonchev–Trinajstić information content (AvgIpc) is 2.80. The Morgan fingerprint density at radius 2 is 1.95 bits per heavy atom. The summed E-state index contributed by atoms with van der Waals surface area (Å²) in [6.45, 7) is 9.28. The summed E-state index contributed by atoms with van der Waals surface area (Å²) in [5.41, 5.74) is 0.326. The number of hydrogen-bond acceptors (Lipinski definition) is 3. The zero-order valence-electron chi connectivity index (χ0n) is 13.4. The molecule has 6 heteroatoms. The zero-order chi connectivity index (χ0) is 16.2. The second-order valence-electron chi connectivity index (χ2n) is 5.93. The van der Waals surface area contributed by atoms with Crippen molar-refractivity contribution in [1.82, 2.24) is 15.1 Å². The van der Waals surface area contributed by atoms with Crippen molar-refractivity contribution in [2.45, 2.75) is 53.5 Å². The molecule has 0 saturated carbocycles. The van der Waals surface area contributed by atoms with Crippen molar-refractivity contribution in [2.75, 3.05) is 6.54 Å². The number of hydrogen-bond donors (Lipinski definition) is 2. The SMILES string of the molecule is CCC(CC)n1ncc(C(=O)NCC(C)(C)C(=O)O)c1C. The molecule has 0 fully saturated rings. The van der Waals surface area contributed by atoms with Gasteiger partial charge < -0.3 is 10.4 Å². The van der Waals surface area contributed by atoms with Crippen LogP contribution in [-0.4, -0.2) is 33.3 Å². The van der Waals surface area contributed by atoms with E-state index in [1.807, 2.05) is 11.6 Å². The number of carboxylic acid groups (broad SMARTS) is 1. The van der Waals surface area contributed by atoms with Crippen LogP contribution in [0.3, 0.4) is 0 Å². The first-order chi connectivity index (χ1) is 9.74. The van der Waals surface area contributed by atoms with E-state index in [1.165, 1.54) is 0 Å². The Bertz CT molecular complexity index is 516. The molecule has 0 bridgehead atoms. The molecule has 0 aliphatic carbocycles. The lowest BCUT2D eigenvalue weighted by molar-refractivity contribution is -0.146. The molecule has 0 spiro atoms. The smallest absolute Gasteiger partial charge is 0.310 e. The Hall–Kier alpha value is -1.85. The van der Waals surface area contributed by atoms with E-state index in [9.17, 15) is 9.59 Å². The summed E-state index contributed by atoms with van der Waals surface area (Å²) in [4.78, 5) is 23.2. The van der Waals surface area contributed by atoms with E-state index in [4.69, 9.17) is 5.11 Å². The van der Waals surface area contributed by atoms with E-state index in [0.29, 0.717) is 5.56 Å². The Morgan fingerprint density at radius 3 is 2.43 bits per heavy atom. The Morgan fingerprint density at radius 1 is 1.38 bits per heavy atom. The number of aromatic nitrogens is 2. The number of aliphatic carboxylic acids is 1. The highest BCUT2D eigenvalue weighted by Crippen LogP contribution is 2.19. The van der Waals surface area contributed by atoms with Crippen LogP contribution in [0.5, 0.6) is 0 Å². The van der Waals surface area contributed by atoms with Gasteiger partial charge in [-0.25, -0.2) is 0 Å². The van der Waals surface area contributed by atoms with Crippen LogP contribution in [0.2, 0.25) is 0 Å². The van der Waals surface area contributed by atoms with Crippen LogP contribution < -0.4 is 5.32 Å². The quantitative estimate of drug-likeness (QED) is 0.809. The van der Waals surface area contributed by atoms with Gasteiger partial charge in [0.1, 0.15) is 0 Å². The predicted octanol–water partition coefficient (Wildman–Crippen LogP) is 2.39. The van der Waals surface area contributed by atoms with E-state index in [0.717, 1.165) is 18.5 Å². The third kappa shape index (κ3) is 3.83. The van der Waals surface area contributed by atoms with Crippen LogP contribution in [0.15, 0.2) is 6.20 Å². The third-order valence-electron chi connectivity index (χ3n) is 3.85. The van der Waals surface area contributed by atoms with Gasteiger partial charge in [-0.1, -0.05) is 13.8 Å². The van der Waals surface area contributed by atoms with Crippen molar-refractivity contribution < 1.29 is 14.7 Å². The third-order valence-corrected chi connectivity index (χ3v) is 3.85. The molecule has 6 nitrogen and oxygen atoms in total. The van der Waals surface area contributed by atoms with E-state index >= 15 is 0 Å². The van der Waals surface area contributed by atoms with Crippen LogP contribution in [0.4, 0.5) is 0 Å². The fourth-order valence-corrected chi connectivity index (χ4v) is 2.12. The molecule has 0 saturated heterocycles. The van der Waals surface area contributed by atoms with Crippen molar-refractivity contribution in [3.8, 4) is 0 Å². The van der Waals surface area contributed by atoms with Gasteiger partial charge in [0, 0.05) is 12.2 Å². The number of nitrogens with zero attached hydrogens (tertiary/aromatic N) is 2. The van der Waals surface area contributed by atoms with Gasteiger partial charge in [-0.2, -0.15) is 5.10 Å². The summed E-state index contributed by atoms with van der Waals surface area (Å²) in [5.74, 6) is -1.22. The molecule has 1 amide bonds. The van der Waals surface area contributed by atoms with Gasteiger partial charge in [0.2, 0.25) is 0 Å². The topological polar surface area (TPSA) is 84.2 Å². The molecule has 0 aliphatic rings. The molecule has 0 atom stereocenters. The lowest BCUT2D eigenvalue weighted by Gasteiger charge is -2.19. The van der Waals surface area contributed by atoms with Gasteiger partial charge in [0.05, 0.1) is 23.2 Å². The van der Waals surface area contributed by atoms with E-state index in [-0.39, 0.29) is 18.5 Å². The van der Waals surface area contributed by atoms with E-state index in [1.54, 1.807) is 20.0 Å². The minimum atomic E-state index is -0.991. The monoisotopic (exact) mass is 295 g/mol. The number of nitrogens with one attached hydrogen (secondary N) is 1. The van der Waals surface area contributed by atoms with Crippen molar-refractivity contribution in [3.63, 3.8) is 0 Å². The number of carbonyl (C=O) groups is 2. The molecular formula is C15H25N3O3. The Kier molecular flexibility index (Phi) is 5.52. The van der Waals surface area contributed by atoms with Gasteiger partial charge in [-0.3, -0.25) is 14.3 Å². The molecular weight excluding hydrogens is 270 g/mol. The molecule has 1 aromatic heterocycles. The van der Waals surface area contributed by atoms with Gasteiger partial charge in [-0.05, 0) is 33.6 Å². The minimum absolute atomic E-state index is 0.0801. The summed E-state index contributed by atoms with van der Waals surface area (Å²) in [6.07, 6.45) is 3.45. The molecule has 1 rings (SSSR count). The molecule has 118 valence electrons. The molecule has 0 radical (unpaired) electrons. The molecule has 1 aromatic rings. The first-order valence-corrected chi connectivity index (χ1v) is 7.30. The lowest BCUT2D eigenvalue weighted by Crippen LogP contribution is -2.39. The van der Waals surface area contributed by atoms with Crippen molar-refractivity contribution in [3.05, 3.63) is 17.5 Å². The molecule has 1 heterocycles. The average molecular weight is 295 g/mol. The van der Waals surface area contributed by atoms with Crippen LogP contribution in [-0.2, 0) is 4.79 Å². The molecule has 0 aromatic carbocycles. The van der Waals surface area contributed by atoms with Crippen molar-refractivity contribution in [1.29, 1.82) is 0 Å². The van der Waals surface area contributed by atoms with Gasteiger partial charge in [0.25, 0.3) is 5.91 Å². The maximum Gasteiger partial charge on any atom is 0.310 e.